The monoisotopic (exact) mass is 424 g/mol. The molecule has 2 unspecified atom stereocenters. The summed E-state index contributed by atoms with van der Waals surface area (Å²) in [5.41, 5.74) is 2.51. The van der Waals surface area contributed by atoms with Crippen molar-refractivity contribution in [2.45, 2.75) is 58.5 Å². The molecule has 2 aromatic carbocycles. The molecule has 0 radical (unpaired) electrons. The number of hydrogen-bond acceptors (Lipinski definition) is 4. The zero-order valence-corrected chi connectivity index (χ0v) is 19.1. The highest BCUT2D eigenvalue weighted by Crippen LogP contribution is 2.18. The molecule has 0 saturated carbocycles. The summed E-state index contributed by atoms with van der Waals surface area (Å²) in [6, 6.07) is 16.8. The normalized spacial score (nSPS) is 19.1. The van der Waals surface area contributed by atoms with E-state index in [2.05, 4.69) is 43.1 Å². The molecule has 1 amide bonds. The largest absolute Gasteiger partial charge is 0.494 e. The van der Waals surface area contributed by atoms with Crippen molar-refractivity contribution in [1.29, 1.82) is 0 Å². The zero-order valence-electron chi connectivity index (χ0n) is 19.1. The lowest BCUT2D eigenvalue weighted by atomic mass is 9.98. The quantitative estimate of drug-likeness (QED) is 0.575. The summed E-state index contributed by atoms with van der Waals surface area (Å²) < 4.78 is 11.5. The van der Waals surface area contributed by atoms with Gasteiger partial charge >= 0.3 is 0 Å². The summed E-state index contributed by atoms with van der Waals surface area (Å²) in [7, 11) is 0. The van der Waals surface area contributed by atoms with E-state index in [1.807, 2.05) is 36.4 Å². The van der Waals surface area contributed by atoms with Crippen LogP contribution in [0.1, 0.15) is 44.2 Å². The first-order valence-electron chi connectivity index (χ1n) is 11.5. The molecule has 2 aromatic rings. The lowest BCUT2D eigenvalue weighted by Crippen LogP contribution is -2.50. The highest BCUT2D eigenvalue weighted by Gasteiger charge is 2.26. The van der Waals surface area contributed by atoms with Crippen LogP contribution in [0.15, 0.2) is 48.5 Å². The van der Waals surface area contributed by atoms with Crippen LogP contribution in [0.3, 0.4) is 0 Å². The summed E-state index contributed by atoms with van der Waals surface area (Å²) in [6.07, 6.45) is 3.94. The number of ether oxygens (including phenoxy) is 2. The average Bonchev–Trinajstić information content (AvgIpc) is 2.78. The molecule has 1 heterocycles. The first-order chi connectivity index (χ1) is 15.0. The predicted octanol–water partition coefficient (Wildman–Crippen LogP) is 4.37. The summed E-state index contributed by atoms with van der Waals surface area (Å²) >= 11 is 0. The van der Waals surface area contributed by atoms with Gasteiger partial charge in [0.25, 0.3) is 5.91 Å². The molecule has 1 aliphatic rings. The molecule has 168 valence electrons. The van der Waals surface area contributed by atoms with Crippen molar-refractivity contribution < 1.29 is 14.3 Å². The Morgan fingerprint density at radius 1 is 1.06 bits per heavy atom. The Bertz CT molecular complexity index is 804. The number of rotatable bonds is 10. The van der Waals surface area contributed by atoms with Crippen molar-refractivity contribution in [3.8, 4) is 11.5 Å². The molecule has 0 bridgehead atoms. The number of piperidine rings is 1. The topological polar surface area (TPSA) is 50.8 Å². The maximum absolute atomic E-state index is 12.3. The Kier molecular flexibility index (Phi) is 8.77. The molecule has 3 rings (SSSR count). The van der Waals surface area contributed by atoms with Gasteiger partial charge in [-0.2, -0.15) is 0 Å². The highest BCUT2D eigenvalue weighted by molar-refractivity contribution is 5.77. The van der Waals surface area contributed by atoms with E-state index >= 15 is 0 Å². The number of aryl methyl sites for hydroxylation is 2. The fourth-order valence-corrected chi connectivity index (χ4v) is 4.02. The molecule has 1 aliphatic heterocycles. The van der Waals surface area contributed by atoms with Crippen molar-refractivity contribution in [1.82, 2.24) is 10.2 Å². The van der Waals surface area contributed by atoms with Crippen LogP contribution >= 0.6 is 0 Å². The number of amides is 1. The molecule has 5 heteroatoms. The van der Waals surface area contributed by atoms with E-state index in [0.29, 0.717) is 6.04 Å². The minimum absolute atomic E-state index is 0.0447. The number of nitrogens with zero attached hydrogens (tertiary/aromatic N) is 1. The van der Waals surface area contributed by atoms with E-state index in [0.717, 1.165) is 56.9 Å². The third-order valence-corrected chi connectivity index (χ3v) is 5.96. The fourth-order valence-electron chi connectivity index (χ4n) is 4.02. The van der Waals surface area contributed by atoms with Gasteiger partial charge in [-0.15, -0.1) is 0 Å². The fraction of sp³-hybridized carbons (Fsp3) is 0.500. The third kappa shape index (κ3) is 7.59. The number of likely N-dealkylation sites (tertiary alicyclic amines) is 1. The van der Waals surface area contributed by atoms with Crippen molar-refractivity contribution >= 4 is 5.91 Å². The maximum Gasteiger partial charge on any atom is 0.258 e. The van der Waals surface area contributed by atoms with Gasteiger partial charge in [-0.1, -0.05) is 36.8 Å². The molecule has 1 N–H and O–H groups in total. The molecule has 31 heavy (non-hydrogen) atoms. The summed E-state index contributed by atoms with van der Waals surface area (Å²) in [5.74, 6) is 1.63. The molecule has 5 nitrogen and oxygen atoms in total. The van der Waals surface area contributed by atoms with E-state index in [9.17, 15) is 4.79 Å². The van der Waals surface area contributed by atoms with Gasteiger partial charge in [0.05, 0.1) is 6.61 Å². The maximum atomic E-state index is 12.3. The molecule has 0 aliphatic carbocycles. The SMILES string of the molecule is CCc1ccc(OCC(=O)NC2CCN(CCCOc3ccc(C)cc3)C(C)C2)cc1. The lowest BCUT2D eigenvalue weighted by Gasteiger charge is -2.38. The first-order valence-corrected chi connectivity index (χ1v) is 11.5. The van der Waals surface area contributed by atoms with E-state index in [1.165, 1.54) is 11.1 Å². The van der Waals surface area contributed by atoms with Crippen LogP contribution in [0.5, 0.6) is 11.5 Å². The number of nitrogens with one attached hydrogen (secondary N) is 1. The van der Waals surface area contributed by atoms with Crippen LogP contribution in [0.25, 0.3) is 0 Å². The summed E-state index contributed by atoms with van der Waals surface area (Å²) in [5, 5.41) is 3.14. The van der Waals surface area contributed by atoms with Crippen LogP contribution in [0, 0.1) is 6.92 Å². The van der Waals surface area contributed by atoms with Gasteiger partial charge in [0.15, 0.2) is 6.61 Å². The number of benzene rings is 2. The molecule has 1 saturated heterocycles. The van der Waals surface area contributed by atoms with Crippen molar-refractivity contribution in [3.63, 3.8) is 0 Å². The van der Waals surface area contributed by atoms with Crippen LogP contribution in [-0.2, 0) is 11.2 Å². The van der Waals surface area contributed by atoms with Gasteiger partial charge in [0.2, 0.25) is 0 Å². The van der Waals surface area contributed by atoms with Crippen LogP contribution < -0.4 is 14.8 Å². The predicted molar refractivity (Wildman–Crippen MR) is 125 cm³/mol. The van der Waals surface area contributed by atoms with Gasteiger partial charge in [-0.05, 0) is 69.4 Å². The third-order valence-electron chi connectivity index (χ3n) is 5.96. The van der Waals surface area contributed by atoms with Crippen LogP contribution in [-0.4, -0.2) is 49.2 Å². The second-order valence-corrected chi connectivity index (χ2v) is 8.48. The second-order valence-electron chi connectivity index (χ2n) is 8.48. The highest BCUT2D eigenvalue weighted by atomic mass is 16.5. The second kappa shape index (κ2) is 11.8. The summed E-state index contributed by atoms with van der Waals surface area (Å²) in [6.45, 7) is 9.25. The molecule has 2 atom stereocenters. The van der Waals surface area contributed by atoms with Gasteiger partial charge in [0.1, 0.15) is 11.5 Å². The molecule has 1 fully saturated rings. The molecule has 0 aromatic heterocycles. The summed E-state index contributed by atoms with van der Waals surface area (Å²) in [4.78, 5) is 14.8. The Morgan fingerprint density at radius 3 is 2.42 bits per heavy atom. The molecular formula is C26H36N2O3. The number of carbonyl (C=O) groups is 1. The minimum Gasteiger partial charge on any atom is -0.494 e. The lowest BCUT2D eigenvalue weighted by molar-refractivity contribution is -0.124. The standard InChI is InChI=1S/C26H36N2O3/c1-4-22-8-12-25(13-9-22)31-19-26(29)27-23-14-16-28(21(3)18-23)15-5-17-30-24-10-6-20(2)7-11-24/h6-13,21,23H,4-5,14-19H2,1-3H3,(H,27,29). The van der Waals surface area contributed by atoms with E-state index < -0.39 is 0 Å². The van der Waals surface area contributed by atoms with Gasteiger partial charge in [-0.3, -0.25) is 4.79 Å². The minimum atomic E-state index is -0.0447. The van der Waals surface area contributed by atoms with Gasteiger partial charge < -0.3 is 19.7 Å². The molecular weight excluding hydrogens is 388 g/mol. The van der Waals surface area contributed by atoms with Gasteiger partial charge in [-0.25, -0.2) is 0 Å². The molecule has 0 spiro atoms. The first kappa shape index (κ1) is 23.1. The zero-order chi connectivity index (χ0) is 22.1. The van der Waals surface area contributed by atoms with E-state index in [4.69, 9.17) is 9.47 Å². The van der Waals surface area contributed by atoms with Crippen molar-refractivity contribution in [3.05, 3.63) is 59.7 Å². The van der Waals surface area contributed by atoms with Crippen molar-refractivity contribution in [2.24, 2.45) is 0 Å². The smallest absolute Gasteiger partial charge is 0.258 e. The van der Waals surface area contributed by atoms with Crippen molar-refractivity contribution in [2.75, 3.05) is 26.3 Å². The van der Waals surface area contributed by atoms with Gasteiger partial charge in [0, 0.05) is 25.2 Å². The average molecular weight is 425 g/mol. The Morgan fingerprint density at radius 2 is 1.74 bits per heavy atom. The van der Waals surface area contributed by atoms with Crippen LogP contribution in [0.4, 0.5) is 0 Å². The Balaban J connectivity index is 1.31. The number of hydrogen-bond donors (Lipinski definition) is 1. The Labute approximate surface area is 186 Å². The Hall–Kier alpha value is -2.53. The van der Waals surface area contributed by atoms with E-state index in [1.54, 1.807) is 0 Å². The van der Waals surface area contributed by atoms with Crippen LogP contribution in [0.2, 0.25) is 0 Å². The number of carbonyl (C=O) groups excluding carboxylic acids is 1. The van der Waals surface area contributed by atoms with E-state index in [-0.39, 0.29) is 18.6 Å².